The van der Waals surface area contributed by atoms with Crippen LogP contribution in [0.1, 0.15) is 25.0 Å². The molecule has 1 aliphatic heterocycles. The van der Waals surface area contributed by atoms with Gasteiger partial charge in [-0.2, -0.15) is 0 Å². The van der Waals surface area contributed by atoms with Crippen molar-refractivity contribution in [2.75, 3.05) is 32.8 Å². The van der Waals surface area contributed by atoms with Crippen LogP contribution in [0.2, 0.25) is 0 Å². The van der Waals surface area contributed by atoms with E-state index in [4.69, 9.17) is 4.74 Å². The Labute approximate surface area is 168 Å². The van der Waals surface area contributed by atoms with E-state index in [0.717, 1.165) is 49.5 Å². The molecule has 2 aromatic carbocycles. The Hall–Kier alpha value is -2.43. The number of hydrogen-bond donors (Lipinski definition) is 0. The molecule has 4 nitrogen and oxygen atoms in total. The highest BCUT2D eigenvalue weighted by molar-refractivity contribution is 5.95. The van der Waals surface area contributed by atoms with Crippen molar-refractivity contribution in [3.8, 4) is 0 Å². The summed E-state index contributed by atoms with van der Waals surface area (Å²) in [5, 5.41) is 0. The summed E-state index contributed by atoms with van der Waals surface area (Å²) in [6.45, 7) is 9.01. The number of allylic oxidation sites excluding steroid dienone is 1. The number of morpholine rings is 1. The first kappa shape index (κ1) is 20.3. The molecule has 0 spiro atoms. The van der Waals surface area contributed by atoms with Crippen LogP contribution in [-0.2, 0) is 16.1 Å². The van der Waals surface area contributed by atoms with E-state index in [1.807, 2.05) is 60.4 Å². The van der Waals surface area contributed by atoms with Gasteiger partial charge in [0.25, 0.3) is 0 Å². The maximum Gasteiger partial charge on any atom is 0.247 e. The molecule has 1 aliphatic rings. The van der Waals surface area contributed by atoms with Gasteiger partial charge < -0.3 is 9.64 Å². The number of benzene rings is 2. The van der Waals surface area contributed by atoms with Crippen molar-refractivity contribution in [1.82, 2.24) is 9.80 Å². The van der Waals surface area contributed by atoms with Gasteiger partial charge in [0.2, 0.25) is 5.91 Å². The quantitative estimate of drug-likeness (QED) is 0.686. The summed E-state index contributed by atoms with van der Waals surface area (Å²) >= 11 is 0. The largest absolute Gasteiger partial charge is 0.379 e. The van der Waals surface area contributed by atoms with Crippen LogP contribution in [0.4, 0.5) is 0 Å². The molecule has 28 heavy (non-hydrogen) atoms. The van der Waals surface area contributed by atoms with Crippen LogP contribution in [0.5, 0.6) is 0 Å². The third kappa shape index (κ3) is 5.78. The van der Waals surface area contributed by atoms with Crippen LogP contribution in [0.15, 0.2) is 66.7 Å². The Bertz CT molecular complexity index is 768. The van der Waals surface area contributed by atoms with Crippen LogP contribution in [0, 0.1) is 0 Å². The van der Waals surface area contributed by atoms with Gasteiger partial charge in [0.05, 0.1) is 13.2 Å². The molecule has 1 amide bonds. The number of carbonyl (C=O) groups is 1. The van der Waals surface area contributed by atoms with E-state index >= 15 is 0 Å². The van der Waals surface area contributed by atoms with Crippen molar-refractivity contribution in [2.24, 2.45) is 0 Å². The number of carbonyl (C=O) groups excluding carboxylic acids is 1. The van der Waals surface area contributed by atoms with Gasteiger partial charge in [0, 0.05) is 38.3 Å². The van der Waals surface area contributed by atoms with E-state index in [9.17, 15) is 4.79 Å². The van der Waals surface area contributed by atoms with Gasteiger partial charge in [0.15, 0.2) is 0 Å². The molecule has 4 heteroatoms. The smallest absolute Gasteiger partial charge is 0.247 e. The predicted octanol–water partition coefficient (Wildman–Crippen LogP) is 3.84. The number of amides is 1. The normalized spacial score (nSPS) is 16.6. The Morgan fingerprint density at radius 2 is 1.68 bits per heavy atom. The Balaban J connectivity index is 1.77. The van der Waals surface area contributed by atoms with Gasteiger partial charge in [-0.25, -0.2) is 0 Å². The molecule has 1 fully saturated rings. The van der Waals surface area contributed by atoms with Gasteiger partial charge in [-0.3, -0.25) is 9.69 Å². The zero-order valence-corrected chi connectivity index (χ0v) is 16.9. The van der Waals surface area contributed by atoms with Crippen molar-refractivity contribution in [3.05, 3.63) is 77.9 Å². The Morgan fingerprint density at radius 3 is 2.32 bits per heavy atom. The van der Waals surface area contributed by atoms with Crippen molar-refractivity contribution in [2.45, 2.75) is 26.4 Å². The van der Waals surface area contributed by atoms with Crippen molar-refractivity contribution < 1.29 is 9.53 Å². The fourth-order valence-corrected chi connectivity index (χ4v) is 3.54. The monoisotopic (exact) mass is 378 g/mol. The van der Waals surface area contributed by atoms with Crippen LogP contribution >= 0.6 is 0 Å². The molecule has 1 saturated heterocycles. The standard InChI is InChI=1S/C24H30N2O2/c1-20(23-11-7-4-8-12-23)17-24(27)26(19-22-9-5-3-6-10-22)21(2)18-25-13-15-28-16-14-25/h3-12,17,21H,13-16,18-19H2,1-2H3/b20-17+. The summed E-state index contributed by atoms with van der Waals surface area (Å²) in [5.41, 5.74) is 3.22. The molecule has 2 aromatic rings. The number of rotatable bonds is 7. The third-order valence-corrected chi connectivity index (χ3v) is 5.21. The lowest BCUT2D eigenvalue weighted by Crippen LogP contribution is -2.47. The molecule has 0 N–H and O–H groups in total. The van der Waals surface area contributed by atoms with Gasteiger partial charge in [-0.05, 0) is 30.5 Å². The Kier molecular flexibility index (Phi) is 7.40. The van der Waals surface area contributed by atoms with E-state index in [2.05, 4.69) is 24.0 Å². The number of nitrogens with zero attached hydrogens (tertiary/aromatic N) is 2. The number of ether oxygens (including phenoxy) is 1. The molecule has 0 aliphatic carbocycles. The summed E-state index contributed by atoms with van der Waals surface area (Å²) in [4.78, 5) is 17.6. The topological polar surface area (TPSA) is 32.8 Å². The Morgan fingerprint density at radius 1 is 1.07 bits per heavy atom. The maximum atomic E-state index is 13.2. The number of hydrogen-bond acceptors (Lipinski definition) is 3. The molecule has 1 unspecified atom stereocenters. The highest BCUT2D eigenvalue weighted by atomic mass is 16.5. The highest BCUT2D eigenvalue weighted by Gasteiger charge is 2.22. The van der Waals surface area contributed by atoms with E-state index in [0.29, 0.717) is 6.54 Å². The average Bonchev–Trinajstić information content (AvgIpc) is 2.74. The summed E-state index contributed by atoms with van der Waals surface area (Å²) < 4.78 is 5.45. The first-order valence-corrected chi connectivity index (χ1v) is 10.0. The second-order valence-electron chi connectivity index (χ2n) is 7.41. The van der Waals surface area contributed by atoms with E-state index < -0.39 is 0 Å². The summed E-state index contributed by atoms with van der Waals surface area (Å²) in [7, 11) is 0. The second-order valence-corrected chi connectivity index (χ2v) is 7.41. The predicted molar refractivity (Wildman–Crippen MR) is 114 cm³/mol. The van der Waals surface area contributed by atoms with Gasteiger partial charge in [0.1, 0.15) is 0 Å². The lowest BCUT2D eigenvalue weighted by Gasteiger charge is -2.35. The highest BCUT2D eigenvalue weighted by Crippen LogP contribution is 2.16. The van der Waals surface area contributed by atoms with Crippen LogP contribution in [0.3, 0.4) is 0 Å². The molecular formula is C24H30N2O2. The molecule has 3 rings (SSSR count). The van der Waals surface area contributed by atoms with Crippen LogP contribution < -0.4 is 0 Å². The first-order chi connectivity index (χ1) is 13.6. The molecule has 0 bridgehead atoms. The van der Waals surface area contributed by atoms with Crippen molar-refractivity contribution in [3.63, 3.8) is 0 Å². The minimum atomic E-state index is 0.0611. The van der Waals surface area contributed by atoms with Crippen LogP contribution in [-0.4, -0.2) is 54.6 Å². The second kappa shape index (κ2) is 10.2. The van der Waals surface area contributed by atoms with E-state index in [-0.39, 0.29) is 11.9 Å². The van der Waals surface area contributed by atoms with Crippen molar-refractivity contribution in [1.29, 1.82) is 0 Å². The summed E-state index contributed by atoms with van der Waals surface area (Å²) in [5.74, 6) is 0.0611. The van der Waals surface area contributed by atoms with Gasteiger partial charge in [-0.15, -0.1) is 0 Å². The third-order valence-electron chi connectivity index (χ3n) is 5.21. The van der Waals surface area contributed by atoms with Crippen molar-refractivity contribution >= 4 is 11.5 Å². The fourth-order valence-electron chi connectivity index (χ4n) is 3.54. The molecule has 0 aromatic heterocycles. The van der Waals surface area contributed by atoms with Gasteiger partial charge >= 0.3 is 0 Å². The zero-order valence-electron chi connectivity index (χ0n) is 16.9. The average molecular weight is 379 g/mol. The van der Waals surface area contributed by atoms with E-state index in [1.54, 1.807) is 6.08 Å². The minimum absolute atomic E-state index is 0.0611. The SMILES string of the molecule is C/C(=C\C(=O)N(Cc1ccccc1)C(C)CN1CCOCC1)c1ccccc1. The van der Waals surface area contributed by atoms with E-state index in [1.165, 1.54) is 0 Å². The molecule has 1 atom stereocenters. The maximum absolute atomic E-state index is 13.2. The minimum Gasteiger partial charge on any atom is -0.379 e. The summed E-state index contributed by atoms with van der Waals surface area (Å²) in [6, 6.07) is 20.4. The zero-order chi connectivity index (χ0) is 19.8. The molecule has 0 saturated carbocycles. The lowest BCUT2D eigenvalue weighted by atomic mass is 10.1. The lowest BCUT2D eigenvalue weighted by molar-refractivity contribution is -0.129. The first-order valence-electron chi connectivity index (χ1n) is 10.0. The summed E-state index contributed by atoms with van der Waals surface area (Å²) in [6.07, 6.45) is 1.77. The fraction of sp³-hybridized carbons (Fsp3) is 0.375. The molecule has 1 heterocycles. The molecular weight excluding hydrogens is 348 g/mol. The van der Waals surface area contributed by atoms with Gasteiger partial charge in [-0.1, -0.05) is 60.7 Å². The van der Waals surface area contributed by atoms with Crippen LogP contribution in [0.25, 0.3) is 5.57 Å². The molecule has 148 valence electrons. The molecule has 0 radical (unpaired) electrons.